The van der Waals surface area contributed by atoms with Gasteiger partial charge in [-0.05, 0) is 35.4 Å². The van der Waals surface area contributed by atoms with Crippen molar-refractivity contribution in [2.24, 2.45) is 0 Å². The van der Waals surface area contributed by atoms with Crippen LogP contribution in [0.15, 0.2) is 42.5 Å². The van der Waals surface area contributed by atoms with Crippen molar-refractivity contribution in [3.63, 3.8) is 0 Å². The Morgan fingerprint density at radius 1 is 1.18 bits per heavy atom. The maximum atomic E-state index is 12.0. The van der Waals surface area contributed by atoms with E-state index in [1.54, 1.807) is 36.4 Å². The number of nitrogens with zero attached hydrogens (tertiary/aromatic N) is 1. The Morgan fingerprint density at radius 2 is 1.89 bits per heavy atom. The van der Waals surface area contributed by atoms with Gasteiger partial charge in [-0.25, -0.2) is 4.79 Å². The largest absolute Gasteiger partial charge is 0.504 e. The first kappa shape index (κ1) is 19.6. The second-order valence-electron chi connectivity index (χ2n) is 6.05. The van der Waals surface area contributed by atoms with Crippen LogP contribution in [0.2, 0.25) is 0 Å². The van der Waals surface area contributed by atoms with Gasteiger partial charge < -0.3 is 20.5 Å². The molecule has 3 rings (SSSR count). The van der Waals surface area contributed by atoms with Crippen LogP contribution in [0.4, 0.5) is 15.3 Å². The van der Waals surface area contributed by atoms with Crippen molar-refractivity contribution in [3.05, 3.63) is 53.6 Å². The third-order valence-corrected chi connectivity index (χ3v) is 4.95. The molecule has 8 nitrogen and oxygen atoms in total. The summed E-state index contributed by atoms with van der Waals surface area (Å²) in [6.07, 6.45) is 0. The summed E-state index contributed by atoms with van der Waals surface area (Å²) in [5.41, 5.74) is 2.10. The van der Waals surface area contributed by atoms with Crippen LogP contribution in [-0.4, -0.2) is 40.0 Å². The fourth-order valence-corrected chi connectivity index (χ4v) is 3.34. The zero-order valence-electron chi connectivity index (χ0n) is 15.1. The molecule has 1 heterocycles. The first-order valence-electron chi connectivity index (χ1n) is 8.43. The lowest BCUT2D eigenvalue weighted by molar-refractivity contribution is -0.125. The van der Waals surface area contributed by atoms with Gasteiger partial charge in [0.15, 0.2) is 11.5 Å². The summed E-state index contributed by atoms with van der Waals surface area (Å²) in [6, 6.07) is 11.4. The molecule has 1 fully saturated rings. The molecule has 0 atom stereocenters. The first-order valence-corrected chi connectivity index (χ1v) is 9.41. The first-order chi connectivity index (χ1) is 13.5. The number of urea groups is 1. The number of carbonyl (C=O) groups is 3. The van der Waals surface area contributed by atoms with Crippen molar-refractivity contribution in [3.8, 4) is 11.5 Å². The third kappa shape index (κ3) is 4.74. The number of thioether (sulfide) groups is 1. The Bertz CT molecular complexity index is 885. The Hall–Kier alpha value is -3.20. The number of rotatable bonds is 6. The molecule has 1 saturated heterocycles. The summed E-state index contributed by atoms with van der Waals surface area (Å²) in [5.74, 6) is 0.362. The van der Waals surface area contributed by atoms with Gasteiger partial charge in [0.1, 0.15) is 0 Å². The van der Waals surface area contributed by atoms with Gasteiger partial charge in [-0.2, -0.15) is 0 Å². The van der Waals surface area contributed by atoms with Crippen molar-refractivity contribution in [1.29, 1.82) is 0 Å². The fraction of sp³-hybridized carbons (Fsp3) is 0.211. The van der Waals surface area contributed by atoms with Crippen molar-refractivity contribution in [2.75, 3.05) is 18.2 Å². The topological polar surface area (TPSA) is 108 Å². The molecule has 1 aliphatic rings. The third-order valence-electron chi connectivity index (χ3n) is 4.09. The van der Waals surface area contributed by atoms with Gasteiger partial charge in [0, 0.05) is 12.2 Å². The number of methoxy groups -OCH3 is 1. The molecule has 4 amide bonds. The van der Waals surface area contributed by atoms with Crippen LogP contribution in [-0.2, 0) is 17.9 Å². The van der Waals surface area contributed by atoms with Gasteiger partial charge in [0.2, 0.25) is 5.91 Å². The van der Waals surface area contributed by atoms with Gasteiger partial charge in [0.05, 0.1) is 19.4 Å². The minimum Gasteiger partial charge on any atom is -0.504 e. The SMILES string of the molecule is COc1ccc(CNC(=O)Nc2ccc(CN3C(=O)CSC3=O)cc2)cc1O. The maximum absolute atomic E-state index is 12.0. The summed E-state index contributed by atoms with van der Waals surface area (Å²) in [6.45, 7) is 0.455. The zero-order valence-corrected chi connectivity index (χ0v) is 15.9. The number of nitrogens with one attached hydrogen (secondary N) is 2. The average Bonchev–Trinajstić information content (AvgIpc) is 3.00. The van der Waals surface area contributed by atoms with Crippen LogP contribution in [0.3, 0.4) is 0 Å². The van der Waals surface area contributed by atoms with Gasteiger partial charge in [-0.3, -0.25) is 14.5 Å². The average molecular weight is 401 g/mol. The molecule has 0 bridgehead atoms. The van der Waals surface area contributed by atoms with Crippen LogP contribution in [0.5, 0.6) is 11.5 Å². The molecule has 0 spiro atoms. The van der Waals surface area contributed by atoms with Crippen molar-refractivity contribution < 1.29 is 24.2 Å². The number of ether oxygens (including phenoxy) is 1. The molecule has 0 aromatic heterocycles. The van der Waals surface area contributed by atoms with E-state index in [0.29, 0.717) is 11.4 Å². The monoisotopic (exact) mass is 401 g/mol. The molecule has 2 aromatic rings. The predicted molar refractivity (Wildman–Crippen MR) is 105 cm³/mol. The molecule has 28 heavy (non-hydrogen) atoms. The lowest BCUT2D eigenvalue weighted by Crippen LogP contribution is -2.28. The molecule has 0 radical (unpaired) electrons. The number of hydrogen-bond acceptors (Lipinski definition) is 6. The van der Waals surface area contributed by atoms with Crippen LogP contribution >= 0.6 is 11.8 Å². The molecule has 0 aliphatic carbocycles. The van der Waals surface area contributed by atoms with Crippen molar-refractivity contribution >= 4 is 34.6 Å². The standard InChI is InChI=1S/C19H19N3O5S/c1-27-16-7-4-13(8-15(16)23)9-20-18(25)21-14-5-2-12(3-6-14)10-22-17(24)11-28-19(22)26/h2-8,23H,9-11H2,1H3,(H2,20,21,25). The van der Waals surface area contributed by atoms with E-state index >= 15 is 0 Å². The van der Waals surface area contributed by atoms with Crippen molar-refractivity contribution in [1.82, 2.24) is 10.2 Å². The Kier molecular flexibility index (Phi) is 6.05. The summed E-state index contributed by atoms with van der Waals surface area (Å²) < 4.78 is 4.98. The van der Waals surface area contributed by atoms with Gasteiger partial charge in [-0.15, -0.1) is 0 Å². The van der Waals surface area contributed by atoms with Crippen molar-refractivity contribution in [2.45, 2.75) is 13.1 Å². The van der Waals surface area contributed by atoms with E-state index in [0.717, 1.165) is 22.9 Å². The van der Waals surface area contributed by atoms with Crippen LogP contribution in [0.25, 0.3) is 0 Å². The quantitative estimate of drug-likeness (QED) is 0.687. The minimum absolute atomic E-state index is 0.00571. The second-order valence-corrected chi connectivity index (χ2v) is 6.97. The second kappa shape index (κ2) is 8.66. The highest BCUT2D eigenvalue weighted by molar-refractivity contribution is 8.14. The number of carbonyl (C=O) groups excluding carboxylic acids is 3. The number of aromatic hydroxyl groups is 1. The molecular weight excluding hydrogens is 382 g/mol. The van der Waals surface area contributed by atoms with Crippen LogP contribution in [0, 0.1) is 0 Å². The molecule has 3 N–H and O–H groups in total. The zero-order chi connectivity index (χ0) is 20.1. The van der Waals surface area contributed by atoms with E-state index in [2.05, 4.69) is 10.6 Å². The molecule has 2 aromatic carbocycles. The molecule has 9 heteroatoms. The maximum Gasteiger partial charge on any atom is 0.319 e. The highest BCUT2D eigenvalue weighted by atomic mass is 32.2. The van der Waals surface area contributed by atoms with Gasteiger partial charge >= 0.3 is 6.03 Å². The van der Waals surface area contributed by atoms with E-state index < -0.39 is 6.03 Å². The number of benzene rings is 2. The lowest BCUT2D eigenvalue weighted by atomic mass is 10.2. The smallest absolute Gasteiger partial charge is 0.319 e. The molecule has 1 aliphatic heterocycles. The summed E-state index contributed by atoms with van der Waals surface area (Å²) in [7, 11) is 1.46. The van der Waals surface area contributed by atoms with E-state index in [4.69, 9.17) is 4.74 Å². The molecule has 146 valence electrons. The normalized spacial score (nSPS) is 13.5. The predicted octanol–water partition coefficient (Wildman–Crippen LogP) is 2.92. The Balaban J connectivity index is 1.51. The van der Waals surface area contributed by atoms with Gasteiger partial charge in [-0.1, -0.05) is 30.0 Å². The lowest BCUT2D eigenvalue weighted by Gasteiger charge is -2.13. The molecule has 0 unspecified atom stereocenters. The summed E-state index contributed by atoms with van der Waals surface area (Å²) in [4.78, 5) is 36.5. The highest BCUT2D eigenvalue weighted by Crippen LogP contribution is 2.26. The van der Waals surface area contributed by atoms with Gasteiger partial charge in [0.25, 0.3) is 5.24 Å². The van der Waals surface area contributed by atoms with E-state index in [-0.39, 0.29) is 35.7 Å². The fourth-order valence-electron chi connectivity index (χ4n) is 2.61. The van der Waals surface area contributed by atoms with Crippen LogP contribution in [0.1, 0.15) is 11.1 Å². The number of imide groups is 1. The van der Waals surface area contributed by atoms with E-state index in [1.165, 1.54) is 18.1 Å². The number of phenolic OH excluding ortho intramolecular Hbond substituents is 1. The summed E-state index contributed by atoms with van der Waals surface area (Å²) >= 11 is 1.00. The number of hydrogen-bond donors (Lipinski definition) is 3. The number of phenols is 1. The molecule has 0 saturated carbocycles. The Morgan fingerprint density at radius 3 is 2.50 bits per heavy atom. The van der Waals surface area contributed by atoms with E-state index in [1.807, 2.05) is 0 Å². The summed E-state index contributed by atoms with van der Waals surface area (Å²) in [5, 5.41) is 14.9. The highest BCUT2D eigenvalue weighted by Gasteiger charge is 2.29. The van der Waals surface area contributed by atoms with Crippen LogP contribution < -0.4 is 15.4 Å². The van der Waals surface area contributed by atoms with E-state index in [9.17, 15) is 19.5 Å². The number of anilines is 1. The number of amides is 4. The minimum atomic E-state index is -0.399. The Labute approximate surface area is 165 Å². The molecular formula is C19H19N3O5S.